The van der Waals surface area contributed by atoms with Crippen LogP contribution >= 0.6 is 0 Å². The van der Waals surface area contributed by atoms with Crippen LogP contribution in [0.15, 0.2) is 28.7 Å². The minimum atomic E-state index is -1.25. The number of halogens is 1. The third-order valence-electron chi connectivity index (χ3n) is 4.20. The van der Waals surface area contributed by atoms with Gasteiger partial charge in [-0.3, -0.25) is 14.9 Å². The molecule has 9 heteroatoms. The van der Waals surface area contributed by atoms with Crippen molar-refractivity contribution in [3.05, 3.63) is 41.5 Å². The fraction of sp³-hybridized carbons (Fsp3) is 0.333. The van der Waals surface area contributed by atoms with E-state index in [0.29, 0.717) is 18.5 Å². The van der Waals surface area contributed by atoms with Crippen molar-refractivity contribution in [2.24, 2.45) is 5.41 Å². The number of ether oxygens (including phenoxy) is 1. The number of aryl methyl sites for hydroxylation is 1. The van der Waals surface area contributed by atoms with Gasteiger partial charge in [0.05, 0.1) is 12.3 Å². The van der Waals surface area contributed by atoms with Crippen molar-refractivity contribution < 1.29 is 27.9 Å². The Morgan fingerprint density at radius 1 is 1.19 bits per heavy atom. The molecule has 142 valence electrons. The molecule has 0 unspecified atom stereocenters. The molecule has 0 radical (unpaired) electrons. The number of nitrogens with zero attached hydrogens (tertiary/aromatic N) is 1. The Kier molecular flexibility index (Phi) is 4.93. The van der Waals surface area contributed by atoms with Crippen molar-refractivity contribution in [3.63, 3.8) is 0 Å². The highest BCUT2D eigenvalue weighted by Crippen LogP contribution is 2.47. The average molecular weight is 375 g/mol. The summed E-state index contributed by atoms with van der Waals surface area (Å²) in [7, 11) is 0. The predicted molar refractivity (Wildman–Crippen MR) is 92.5 cm³/mol. The van der Waals surface area contributed by atoms with E-state index in [4.69, 9.17) is 9.15 Å². The first kappa shape index (κ1) is 18.6. The van der Waals surface area contributed by atoms with Gasteiger partial charge in [-0.1, -0.05) is 0 Å². The quantitative estimate of drug-likeness (QED) is 0.593. The number of benzene rings is 1. The van der Waals surface area contributed by atoms with E-state index in [2.05, 4.69) is 15.6 Å². The second-order valence-electron chi connectivity index (χ2n) is 6.15. The lowest BCUT2D eigenvalue weighted by atomic mass is 10.1. The molecule has 1 fully saturated rings. The maximum Gasteiger partial charge on any atom is 0.376 e. The molecule has 27 heavy (non-hydrogen) atoms. The summed E-state index contributed by atoms with van der Waals surface area (Å²) in [4.78, 5) is 40.8. The van der Waals surface area contributed by atoms with E-state index in [0.717, 1.165) is 0 Å². The molecule has 2 N–H and O–H groups in total. The van der Waals surface area contributed by atoms with Gasteiger partial charge in [-0.15, -0.1) is 0 Å². The number of esters is 1. The molecule has 1 aromatic heterocycles. The van der Waals surface area contributed by atoms with E-state index >= 15 is 0 Å². The van der Waals surface area contributed by atoms with Crippen LogP contribution in [0.1, 0.15) is 36.0 Å². The molecule has 1 aromatic carbocycles. The smallest absolute Gasteiger partial charge is 0.376 e. The number of nitrogens with one attached hydrogen (secondary N) is 2. The summed E-state index contributed by atoms with van der Waals surface area (Å²) < 4.78 is 23.0. The summed E-state index contributed by atoms with van der Waals surface area (Å²) in [6, 6.07) is 5.05. The van der Waals surface area contributed by atoms with Gasteiger partial charge in [-0.05, 0) is 51.0 Å². The SMILES string of the molecule is CCOC(=O)c1oc(NC(=O)C2(C(=O)Nc3ccc(F)cc3)CC2)nc1C. The fourth-order valence-corrected chi connectivity index (χ4v) is 2.52. The van der Waals surface area contributed by atoms with Gasteiger partial charge in [0.1, 0.15) is 11.2 Å². The first-order valence-corrected chi connectivity index (χ1v) is 8.39. The van der Waals surface area contributed by atoms with Crippen LogP contribution in [0.4, 0.5) is 16.1 Å². The lowest BCUT2D eigenvalue weighted by Gasteiger charge is -2.14. The topological polar surface area (TPSA) is 111 Å². The zero-order chi connectivity index (χ0) is 19.6. The number of carbonyl (C=O) groups is 3. The number of anilines is 2. The number of amides is 2. The van der Waals surface area contributed by atoms with Crippen LogP contribution in [-0.2, 0) is 14.3 Å². The monoisotopic (exact) mass is 375 g/mol. The third kappa shape index (κ3) is 3.81. The summed E-state index contributed by atoms with van der Waals surface area (Å²) in [5.41, 5.74) is -0.595. The number of rotatable bonds is 6. The predicted octanol–water partition coefficient (Wildman–Crippen LogP) is 2.66. The Morgan fingerprint density at radius 2 is 1.81 bits per heavy atom. The molecule has 0 spiro atoms. The first-order valence-electron chi connectivity index (χ1n) is 8.39. The number of carbonyl (C=O) groups excluding carboxylic acids is 3. The molecule has 2 aromatic rings. The second kappa shape index (κ2) is 7.18. The molecule has 0 bridgehead atoms. The molecule has 2 amide bonds. The Morgan fingerprint density at radius 3 is 2.41 bits per heavy atom. The normalized spacial score (nSPS) is 14.3. The van der Waals surface area contributed by atoms with Crippen LogP contribution in [0.3, 0.4) is 0 Å². The van der Waals surface area contributed by atoms with Crippen molar-refractivity contribution >= 4 is 29.5 Å². The van der Waals surface area contributed by atoms with Crippen LogP contribution < -0.4 is 10.6 Å². The Bertz CT molecular complexity index is 887. The Labute approximate surface area is 154 Å². The molecule has 1 aliphatic carbocycles. The van der Waals surface area contributed by atoms with Crippen LogP contribution in [0.5, 0.6) is 0 Å². The number of aromatic nitrogens is 1. The zero-order valence-electron chi connectivity index (χ0n) is 14.8. The minimum Gasteiger partial charge on any atom is -0.460 e. The van der Waals surface area contributed by atoms with Gasteiger partial charge in [0, 0.05) is 5.69 Å². The summed E-state index contributed by atoms with van der Waals surface area (Å²) in [5, 5.41) is 5.03. The molecule has 1 heterocycles. The first-order chi connectivity index (χ1) is 12.9. The zero-order valence-corrected chi connectivity index (χ0v) is 14.8. The molecule has 0 atom stereocenters. The number of hydrogen-bond acceptors (Lipinski definition) is 6. The van der Waals surface area contributed by atoms with Gasteiger partial charge in [-0.25, -0.2) is 9.18 Å². The Balaban J connectivity index is 1.68. The molecular weight excluding hydrogens is 357 g/mol. The summed E-state index contributed by atoms with van der Waals surface area (Å²) in [6.45, 7) is 3.37. The van der Waals surface area contributed by atoms with Crippen molar-refractivity contribution in [3.8, 4) is 0 Å². The van der Waals surface area contributed by atoms with E-state index < -0.39 is 29.0 Å². The molecule has 0 aliphatic heterocycles. The average Bonchev–Trinajstić information content (AvgIpc) is 3.36. The molecule has 1 saturated carbocycles. The van der Waals surface area contributed by atoms with Crippen LogP contribution in [0, 0.1) is 18.2 Å². The molecule has 3 rings (SSSR count). The molecule has 8 nitrogen and oxygen atoms in total. The van der Waals surface area contributed by atoms with Crippen molar-refractivity contribution in [1.82, 2.24) is 4.98 Å². The highest BCUT2D eigenvalue weighted by Gasteiger charge is 2.57. The van der Waals surface area contributed by atoms with E-state index in [1.807, 2.05) is 0 Å². The van der Waals surface area contributed by atoms with Gasteiger partial charge in [-0.2, -0.15) is 4.98 Å². The van der Waals surface area contributed by atoms with Crippen molar-refractivity contribution in [2.75, 3.05) is 17.2 Å². The second-order valence-corrected chi connectivity index (χ2v) is 6.15. The van der Waals surface area contributed by atoms with Gasteiger partial charge >= 0.3 is 12.0 Å². The largest absolute Gasteiger partial charge is 0.460 e. The molecular formula is C18H18FN3O5. The van der Waals surface area contributed by atoms with Crippen molar-refractivity contribution in [1.29, 1.82) is 0 Å². The third-order valence-corrected chi connectivity index (χ3v) is 4.20. The van der Waals surface area contributed by atoms with Gasteiger partial charge in [0.15, 0.2) is 0 Å². The van der Waals surface area contributed by atoms with E-state index in [1.165, 1.54) is 24.3 Å². The molecule has 1 aliphatic rings. The molecule has 0 saturated heterocycles. The lowest BCUT2D eigenvalue weighted by molar-refractivity contribution is -0.131. The van der Waals surface area contributed by atoms with Crippen molar-refractivity contribution in [2.45, 2.75) is 26.7 Å². The Hall–Kier alpha value is -3.23. The van der Waals surface area contributed by atoms with Gasteiger partial charge in [0.2, 0.25) is 17.6 Å². The summed E-state index contributed by atoms with van der Waals surface area (Å²) in [6.07, 6.45) is 0.715. The highest BCUT2D eigenvalue weighted by molar-refractivity contribution is 6.16. The lowest BCUT2D eigenvalue weighted by Crippen LogP contribution is -2.35. The van der Waals surface area contributed by atoms with Crippen LogP contribution in [0.25, 0.3) is 0 Å². The van der Waals surface area contributed by atoms with E-state index in [-0.39, 0.29) is 24.1 Å². The van der Waals surface area contributed by atoms with Gasteiger partial charge in [0.25, 0.3) is 0 Å². The summed E-state index contributed by atoms with van der Waals surface area (Å²) in [5.74, 6) is -2.30. The van der Waals surface area contributed by atoms with E-state index in [1.54, 1.807) is 13.8 Å². The van der Waals surface area contributed by atoms with Crippen LogP contribution in [0.2, 0.25) is 0 Å². The highest BCUT2D eigenvalue weighted by atomic mass is 19.1. The van der Waals surface area contributed by atoms with E-state index in [9.17, 15) is 18.8 Å². The standard InChI is InChI=1S/C18H18FN3O5/c1-3-26-14(23)13-10(2)20-17(27-13)22-16(25)18(8-9-18)15(24)21-12-6-4-11(19)5-7-12/h4-7H,3,8-9H2,1-2H3,(H,21,24)(H,20,22,25). The minimum absolute atomic E-state index is 0.104. The van der Waals surface area contributed by atoms with Crippen LogP contribution in [-0.4, -0.2) is 29.4 Å². The fourth-order valence-electron chi connectivity index (χ4n) is 2.52. The maximum absolute atomic E-state index is 13.0. The summed E-state index contributed by atoms with van der Waals surface area (Å²) >= 11 is 0. The number of oxazole rings is 1. The number of hydrogen-bond donors (Lipinski definition) is 2. The maximum atomic E-state index is 13.0. The van der Waals surface area contributed by atoms with Gasteiger partial charge < -0.3 is 14.5 Å².